The fraction of sp³-hybridized carbons (Fsp3) is 0.577. The normalized spacial score (nSPS) is 21.2. The maximum Gasteiger partial charge on any atom is 0.419 e. The van der Waals surface area contributed by atoms with Crippen LogP contribution in [0.25, 0.3) is 10.9 Å². The molecule has 1 saturated carbocycles. The van der Waals surface area contributed by atoms with Crippen molar-refractivity contribution in [2.75, 3.05) is 36.9 Å². The molecule has 0 aromatic carbocycles. The summed E-state index contributed by atoms with van der Waals surface area (Å²) < 4.78 is 61.3. The quantitative estimate of drug-likeness (QED) is 0.404. The molecule has 12 heteroatoms. The van der Waals surface area contributed by atoms with Gasteiger partial charge in [0, 0.05) is 44.1 Å². The monoisotopic (exact) mass is 535 g/mol. The molecular weight excluding hydrogens is 502 g/mol. The van der Waals surface area contributed by atoms with Crippen molar-refractivity contribution in [3.05, 3.63) is 35.9 Å². The fourth-order valence-corrected chi connectivity index (χ4v) is 5.48. The maximum atomic E-state index is 14.4. The summed E-state index contributed by atoms with van der Waals surface area (Å²) >= 11 is 0. The van der Waals surface area contributed by atoms with Crippen LogP contribution < -0.4 is 20.3 Å². The Morgan fingerprint density at radius 2 is 1.82 bits per heavy atom. The van der Waals surface area contributed by atoms with Gasteiger partial charge in [0.25, 0.3) is 5.88 Å². The topological polar surface area (TPSA) is 80.1 Å². The molecule has 3 aromatic rings. The number of hydrogen-bond acceptors (Lipinski definition) is 7. The van der Waals surface area contributed by atoms with Crippen molar-refractivity contribution >= 4 is 22.5 Å². The summed E-state index contributed by atoms with van der Waals surface area (Å²) in [7, 11) is 1.99. The van der Waals surface area contributed by atoms with Gasteiger partial charge >= 0.3 is 6.18 Å². The first-order valence-corrected chi connectivity index (χ1v) is 13.2. The Bertz CT molecular complexity index is 1250. The minimum absolute atomic E-state index is 0.0807. The average Bonchev–Trinajstić information content (AvgIpc) is 3.29. The van der Waals surface area contributed by atoms with Gasteiger partial charge in [-0.1, -0.05) is 0 Å². The van der Waals surface area contributed by atoms with E-state index in [4.69, 9.17) is 9.84 Å². The fourth-order valence-electron chi connectivity index (χ4n) is 5.48. The van der Waals surface area contributed by atoms with E-state index in [0.717, 1.165) is 61.2 Å². The van der Waals surface area contributed by atoms with Crippen LogP contribution >= 0.6 is 0 Å². The molecule has 1 aliphatic carbocycles. The van der Waals surface area contributed by atoms with Crippen molar-refractivity contribution in [1.82, 2.24) is 25.1 Å². The Morgan fingerprint density at radius 3 is 2.47 bits per heavy atom. The number of alkyl halides is 3. The van der Waals surface area contributed by atoms with Crippen molar-refractivity contribution in [1.29, 1.82) is 0 Å². The van der Waals surface area contributed by atoms with Crippen LogP contribution in [-0.4, -0.2) is 58.6 Å². The zero-order valence-corrected chi connectivity index (χ0v) is 21.6. The zero-order valence-electron chi connectivity index (χ0n) is 21.6. The maximum absolute atomic E-state index is 14.4. The third-order valence-electron chi connectivity index (χ3n) is 7.56. The van der Waals surface area contributed by atoms with Gasteiger partial charge in [0.1, 0.15) is 11.9 Å². The van der Waals surface area contributed by atoms with Crippen molar-refractivity contribution < 1.29 is 22.3 Å². The summed E-state index contributed by atoms with van der Waals surface area (Å²) in [5, 5.41) is 12.7. The lowest BCUT2D eigenvalue weighted by atomic mass is 9.93. The Balaban J connectivity index is 1.35. The number of ether oxygens (including phenoxy) is 1. The number of aromatic nitrogens is 4. The number of pyridine rings is 2. The molecule has 1 saturated heterocycles. The number of anilines is 2. The van der Waals surface area contributed by atoms with Crippen molar-refractivity contribution in [3.8, 4) is 5.88 Å². The summed E-state index contributed by atoms with van der Waals surface area (Å²) in [5.41, 5.74) is -0.368. The highest BCUT2D eigenvalue weighted by Crippen LogP contribution is 2.38. The number of halogens is 4. The van der Waals surface area contributed by atoms with E-state index in [9.17, 15) is 17.6 Å². The van der Waals surface area contributed by atoms with Crippen LogP contribution in [0.3, 0.4) is 0 Å². The highest BCUT2D eigenvalue weighted by Gasteiger charge is 2.37. The van der Waals surface area contributed by atoms with Crippen LogP contribution in [0.1, 0.15) is 57.1 Å². The van der Waals surface area contributed by atoms with Crippen LogP contribution in [0.2, 0.25) is 0 Å². The number of piperidine rings is 1. The van der Waals surface area contributed by atoms with Gasteiger partial charge in [0.15, 0.2) is 11.6 Å². The summed E-state index contributed by atoms with van der Waals surface area (Å²) in [4.78, 5) is 10.6. The summed E-state index contributed by atoms with van der Waals surface area (Å²) in [6.45, 7) is 4.58. The Kier molecular flexibility index (Phi) is 7.60. The second-order valence-corrected chi connectivity index (χ2v) is 9.96. The Labute approximate surface area is 218 Å². The van der Waals surface area contributed by atoms with Gasteiger partial charge in [0.05, 0.1) is 22.5 Å². The highest BCUT2D eigenvalue weighted by atomic mass is 19.4. The van der Waals surface area contributed by atoms with Crippen LogP contribution in [0.15, 0.2) is 24.5 Å². The molecule has 0 bridgehead atoms. The molecule has 38 heavy (non-hydrogen) atoms. The number of nitrogens with one attached hydrogen (secondary N) is 2. The Hall–Kier alpha value is -3.15. The predicted molar refractivity (Wildman–Crippen MR) is 137 cm³/mol. The second-order valence-electron chi connectivity index (χ2n) is 9.96. The van der Waals surface area contributed by atoms with E-state index in [1.165, 1.54) is 0 Å². The van der Waals surface area contributed by atoms with Gasteiger partial charge in [0.2, 0.25) is 0 Å². The Morgan fingerprint density at radius 1 is 1.08 bits per heavy atom. The largest absolute Gasteiger partial charge is 0.472 e. The lowest BCUT2D eigenvalue weighted by Gasteiger charge is -2.32. The number of nitrogens with zero attached hydrogens (tertiary/aromatic N) is 5. The van der Waals surface area contributed by atoms with E-state index >= 15 is 0 Å². The van der Waals surface area contributed by atoms with E-state index in [1.807, 2.05) is 26.2 Å². The first-order chi connectivity index (χ1) is 18.3. The van der Waals surface area contributed by atoms with Crippen molar-refractivity contribution in [2.24, 2.45) is 0 Å². The zero-order chi connectivity index (χ0) is 26.9. The molecule has 2 N–H and O–H groups in total. The SMILES string of the molecule is CCNc1cc2c(cn1)c(N1CCC(NC)CC1)nn2[C@H]1CC[C@@H](Oc2nccc(C(F)(F)F)c2F)CC1. The number of rotatable bonds is 7. The number of hydrogen-bond donors (Lipinski definition) is 2. The molecule has 0 unspecified atom stereocenters. The van der Waals surface area contributed by atoms with Crippen molar-refractivity contribution in [2.45, 2.75) is 69.8 Å². The van der Waals surface area contributed by atoms with E-state index in [1.54, 1.807) is 0 Å². The molecule has 206 valence electrons. The van der Waals surface area contributed by atoms with E-state index in [2.05, 4.69) is 30.2 Å². The molecule has 5 rings (SSSR count). The van der Waals surface area contributed by atoms with Gasteiger partial charge in [-0.15, -0.1) is 0 Å². The predicted octanol–water partition coefficient (Wildman–Crippen LogP) is 5.17. The van der Waals surface area contributed by atoms with Crippen LogP contribution in [0.4, 0.5) is 29.2 Å². The summed E-state index contributed by atoms with van der Waals surface area (Å²) in [5.74, 6) is -0.347. The molecule has 2 aliphatic rings. The minimum Gasteiger partial charge on any atom is -0.472 e. The second kappa shape index (κ2) is 10.9. The van der Waals surface area contributed by atoms with Gasteiger partial charge < -0.3 is 20.3 Å². The van der Waals surface area contributed by atoms with Gasteiger partial charge in [-0.2, -0.15) is 18.3 Å². The number of fused-ring (bicyclic) bond motifs is 1. The average molecular weight is 536 g/mol. The highest BCUT2D eigenvalue weighted by molar-refractivity contribution is 5.91. The third kappa shape index (κ3) is 5.36. The third-order valence-corrected chi connectivity index (χ3v) is 7.56. The standard InChI is InChI=1S/C26H33F4N7O/c1-3-32-22-14-21-19(15-34-22)24(36-12-9-16(31-2)10-13-36)35-37(21)17-4-6-18(7-5-17)38-25-23(27)20(8-11-33-25)26(28,29)30/h8,11,14-18,31H,3-7,9-10,12-13H2,1-2H3,(H,32,34)/t17-,18+. The van der Waals surface area contributed by atoms with E-state index < -0.39 is 29.5 Å². The van der Waals surface area contributed by atoms with Gasteiger partial charge in [-0.3, -0.25) is 4.68 Å². The molecule has 2 fully saturated rings. The molecule has 8 nitrogen and oxygen atoms in total. The molecule has 0 atom stereocenters. The molecule has 0 radical (unpaired) electrons. The molecule has 4 heterocycles. The van der Waals surface area contributed by atoms with Gasteiger partial charge in [-0.25, -0.2) is 14.4 Å². The molecule has 0 spiro atoms. The van der Waals surface area contributed by atoms with Crippen molar-refractivity contribution in [3.63, 3.8) is 0 Å². The summed E-state index contributed by atoms with van der Waals surface area (Å²) in [6, 6.07) is 3.24. The molecule has 0 amide bonds. The molecule has 3 aromatic heterocycles. The molecular formula is C26H33F4N7O. The van der Waals surface area contributed by atoms with Crippen LogP contribution in [-0.2, 0) is 6.18 Å². The summed E-state index contributed by atoms with van der Waals surface area (Å²) in [6.07, 6.45) is 2.17. The van der Waals surface area contributed by atoms with E-state index in [-0.39, 0.29) is 6.04 Å². The minimum atomic E-state index is -4.80. The lowest BCUT2D eigenvalue weighted by Crippen LogP contribution is -2.41. The smallest absolute Gasteiger partial charge is 0.419 e. The first kappa shape index (κ1) is 26.5. The molecule has 1 aliphatic heterocycles. The van der Waals surface area contributed by atoms with E-state index in [0.29, 0.717) is 37.8 Å². The van der Waals surface area contributed by atoms with Gasteiger partial charge in [-0.05, 0) is 58.6 Å². The lowest BCUT2D eigenvalue weighted by molar-refractivity contribution is -0.140. The van der Waals surface area contributed by atoms with Crippen LogP contribution in [0.5, 0.6) is 5.88 Å². The van der Waals surface area contributed by atoms with Crippen LogP contribution in [0, 0.1) is 5.82 Å². The first-order valence-electron chi connectivity index (χ1n) is 13.2.